The molecule has 1 N–H and O–H groups in total. The van der Waals surface area contributed by atoms with Crippen molar-refractivity contribution in [3.63, 3.8) is 0 Å². The van der Waals surface area contributed by atoms with E-state index >= 15 is 0 Å². The SMILES string of the molecule is [2H]c1c([2H])c([2H])c(-c2c3ccccc3c(-c3ccc4c(c3)oc3cccc(C)c34)c3ccccc23)c([2H])c1[2H].[2H]c1c([2H])c([2H])c(-c2c3ccccc3c(-c3ccc4c(c3)oc3cccc(O)c34)c3ccccc23)c([2H])c1[2H]. The predicted molar refractivity (Wildman–Crippen MR) is 286 cm³/mol. The molecule has 0 radical (unpaired) electrons. The number of rotatable bonds is 4. The van der Waals surface area contributed by atoms with Crippen LogP contribution in [0, 0.1) is 6.92 Å². The summed E-state index contributed by atoms with van der Waals surface area (Å²) in [6.07, 6.45) is 0. The standard InChI is InChI=1S/C33H22O.C32H20O2/c1-21-10-9-17-29-31(21)28-19-18-23(20-30(28)34-29)33-26-15-7-5-13-24(26)32(22-11-3-2-4-12-22)25-14-6-8-16-27(25)33;33-27-15-8-16-28-32(27)26-18-17-21(19-29(26)34-28)31-24-13-6-4-11-22(24)30(20-9-2-1-3-10-20)23-12-5-7-14-25(23)31/h2-20H,1H3;1-19,33H/i2D,3D,4D,11D,12D;1D,2D,3D,9D,10D. The molecule has 0 unspecified atom stereocenters. The van der Waals surface area contributed by atoms with E-state index in [1.807, 2.05) is 133 Å². The van der Waals surface area contributed by atoms with Gasteiger partial charge in [-0.05, 0) is 143 Å². The van der Waals surface area contributed by atoms with Crippen LogP contribution >= 0.6 is 0 Å². The van der Waals surface area contributed by atoms with Gasteiger partial charge in [0.1, 0.15) is 28.1 Å². The van der Waals surface area contributed by atoms with Crippen LogP contribution in [-0.2, 0) is 0 Å². The highest BCUT2D eigenvalue weighted by atomic mass is 16.3. The molecule has 0 saturated carbocycles. The molecule has 0 amide bonds. The minimum absolute atomic E-state index is 0.165. The van der Waals surface area contributed by atoms with E-state index in [-0.39, 0.29) is 65.2 Å². The summed E-state index contributed by atoms with van der Waals surface area (Å²) in [4.78, 5) is 0. The summed E-state index contributed by atoms with van der Waals surface area (Å²) in [7, 11) is 0. The number of aryl methyl sites for hydroxylation is 1. The van der Waals surface area contributed by atoms with Crippen LogP contribution in [0.15, 0.2) is 239 Å². The highest BCUT2D eigenvalue weighted by Gasteiger charge is 2.20. The topological polar surface area (TPSA) is 46.5 Å². The van der Waals surface area contributed by atoms with Crippen molar-refractivity contribution in [2.24, 2.45) is 0 Å². The first kappa shape index (κ1) is 30.3. The zero-order chi connectivity index (χ0) is 54.0. The van der Waals surface area contributed by atoms with Crippen molar-refractivity contribution in [1.29, 1.82) is 0 Å². The summed E-state index contributed by atoms with van der Waals surface area (Å²) < 4.78 is 96.5. The maximum atomic E-state index is 10.4. The Labute approximate surface area is 406 Å². The fourth-order valence-corrected chi connectivity index (χ4v) is 10.3. The van der Waals surface area contributed by atoms with Gasteiger partial charge in [0.2, 0.25) is 0 Å². The molecule has 68 heavy (non-hydrogen) atoms. The third-order valence-electron chi connectivity index (χ3n) is 13.1. The maximum Gasteiger partial charge on any atom is 0.139 e. The van der Waals surface area contributed by atoms with Gasteiger partial charge in [0.15, 0.2) is 0 Å². The van der Waals surface area contributed by atoms with Gasteiger partial charge in [0.25, 0.3) is 0 Å². The van der Waals surface area contributed by atoms with Crippen LogP contribution in [0.25, 0.3) is 131 Å². The molecule has 14 rings (SSSR count). The molecule has 3 heteroatoms. The fourth-order valence-electron chi connectivity index (χ4n) is 10.3. The summed E-state index contributed by atoms with van der Waals surface area (Å²) >= 11 is 0. The number of phenols is 1. The van der Waals surface area contributed by atoms with E-state index in [2.05, 4.69) is 31.2 Å². The van der Waals surface area contributed by atoms with Gasteiger partial charge in [0, 0.05) is 16.2 Å². The molecule has 320 valence electrons. The maximum absolute atomic E-state index is 10.4. The van der Waals surface area contributed by atoms with Gasteiger partial charge in [-0.3, -0.25) is 0 Å². The molecular formula is C65H42O3. The number of benzene rings is 12. The first-order chi connectivity index (χ1) is 37.7. The lowest BCUT2D eigenvalue weighted by molar-refractivity contribution is 0.481. The molecule has 0 bridgehead atoms. The quantitative estimate of drug-likeness (QED) is 0.179. The molecule has 0 aliphatic heterocycles. The number of hydrogen-bond acceptors (Lipinski definition) is 3. The molecular weight excluding hydrogens is 829 g/mol. The van der Waals surface area contributed by atoms with E-state index in [4.69, 9.17) is 22.5 Å². The molecule has 12 aromatic carbocycles. The van der Waals surface area contributed by atoms with Crippen LogP contribution < -0.4 is 0 Å². The lowest BCUT2D eigenvalue weighted by Gasteiger charge is -2.17. The van der Waals surface area contributed by atoms with Crippen molar-refractivity contribution >= 4 is 87.0 Å². The second-order valence-corrected chi connectivity index (χ2v) is 16.9. The number of fused-ring (bicyclic) bond motifs is 10. The average molecular weight is 881 g/mol. The zero-order valence-electron chi connectivity index (χ0n) is 46.4. The van der Waals surface area contributed by atoms with Crippen LogP contribution in [-0.4, -0.2) is 5.11 Å². The molecule has 0 aliphatic rings. The van der Waals surface area contributed by atoms with Crippen LogP contribution in [0.4, 0.5) is 0 Å². The minimum atomic E-state index is -0.413. The first-order valence-corrected chi connectivity index (χ1v) is 22.3. The highest BCUT2D eigenvalue weighted by Crippen LogP contribution is 2.47. The summed E-state index contributed by atoms with van der Waals surface area (Å²) in [5, 5.41) is 21.0. The molecule has 2 aromatic heterocycles. The van der Waals surface area contributed by atoms with E-state index in [9.17, 15) is 5.11 Å². The third kappa shape index (κ3) is 6.28. The number of hydrogen-bond donors (Lipinski definition) is 1. The zero-order valence-corrected chi connectivity index (χ0v) is 36.4. The van der Waals surface area contributed by atoms with E-state index in [0.717, 1.165) is 98.2 Å². The third-order valence-corrected chi connectivity index (χ3v) is 13.1. The molecule has 3 nitrogen and oxygen atoms in total. The summed E-state index contributed by atoms with van der Waals surface area (Å²) in [5.41, 5.74) is 9.57. The minimum Gasteiger partial charge on any atom is -0.507 e. The van der Waals surface area contributed by atoms with Gasteiger partial charge in [-0.15, -0.1) is 0 Å². The van der Waals surface area contributed by atoms with Crippen LogP contribution in [0.1, 0.15) is 19.3 Å². The van der Waals surface area contributed by atoms with Gasteiger partial charge in [-0.1, -0.05) is 188 Å². The Kier molecular flexibility index (Phi) is 7.09. The lowest BCUT2D eigenvalue weighted by atomic mass is 9.86. The van der Waals surface area contributed by atoms with E-state index in [1.165, 1.54) is 0 Å². The van der Waals surface area contributed by atoms with Crippen molar-refractivity contribution in [2.45, 2.75) is 6.92 Å². The predicted octanol–water partition coefficient (Wildman–Crippen LogP) is 18.5. The molecule has 14 aromatic rings. The van der Waals surface area contributed by atoms with Crippen LogP contribution in [0.5, 0.6) is 5.75 Å². The van der Waals surface area contributed by atoms with Crippen molar-refractivity contribution in [2.75, 3.05) is 0 Å². The van der Waals surface area contributed by atoms with E-state index in [0.29, 0.717) is 27.7 Å². The highest BCUT2D eigenvalue weighted by molar-refractivity contribution is 6.23. The van der Waals surface area contributed by atoms with Gasteiger partial charge >= 0.3 is 0 Å². The average Bonchev–Trinajstić information content (AvgIpc) is 4.17. The van der Waals surface area contributed by atoms with Crippen molar-refractivity contribution in [3.05, 3.63) is 236 Å². The monoisotopic (exact) mass is 880 g/mol. The smallest absolute Gasteiger partial charge is 0.139 e. The molecule has 0 spiro atoms. The Balaban J connectivity index is 0.000000148. The Morgan fingerprint density at radius 1 is 0.324 bits per heavy atom. The lowest BCUT2D eigenvalue weighted by Crippen LogP contribution is -1.90. The number of aromatic hydroxyl groups is 1. The normalized spacial score (nSPS) is 13.7. The van der Waals surface area contributed by atoms with Crippen molar-refractivity contribution in [1.82, 2.24) is 0 Å². The number of furan rings is 2. The van der Waals surface area contributed by atoms with Crippen LogP contribution in [0.3, 0.4) is 0 Å². The Hall–Kier alpha value is -8.92. The van der Waals surface area contributed by atoms with E-state index < -0.39 is 12.1 Å². The Bertz CT molecular complexity index is 4420. The van der Waals surface area contributed by atoms with Gasteiger partial charge in [-0.25, -0.2) is 0 Å². The summed E-state index contributed by atoms with van der Waals surface area (Å²) in [6, 6.07) is 51.7. The van der Waals surface area contributed by atoms with E-state index in [1.54, 1.807) is 12.1 Å². The van der Waals surface area contributed by atoms with Crippen molar-refractivity contribution < 1.29 is 27.6 Å². The summed E-state index contributed by atoms with van der Waals surface area (Å²) in [5.74, 6) is 0.165. The number of phenolic OH excluding ortho intramolecular Hbond substituents is 1. The van der Waals surface area contributed by atoms with Crippen molar-refractivity contribution in [3.8, 4) is 50.3 Å². The Morgan fingerprint density at radius 3 is 1.09 bits per heavy atom. The van der Waals surface area contributed by atoms with Gasteiger partial charge < -0.3 is 13.9 Å². The molecule has 2 heterocycles. The largest absolute Gasteiger partial charge is 0.507 e. The molecule has 0 aliphatic carbocycles. The Morgan fingerprint density at radius 2 is 0.676 bits per heavy atom. The molecule has 0 saturated heterocycles. The first-order valence-electron chi connectivity index (χ1n) is 27.3. The molecule has 0 atom stereocenters. The fraction of sp³-hybridized carbons (Fsp3) is 0.0154. The van der Waals surface area contributed by atoms with Gasteiger partial charge in [-0.2, -0.15) is 0 Å². The van der Waals surface area contributed by atoms with Crippen LogP contribution in [0.2, 0.25) is 0 Å². The second kappa shape index (κ2) is 15.9. The molecule has 0 fully saturated rings. The second-order valence-electron chi connectivity index (χ2n) is 16.9. The van der Waals surface area contributed by atoms with Gasteiger partial charge in [0.05, 0.1) is 19.1 Å². The summed E-state index contributed by atoms with van der Waals surface area (Å²) in [6.45, 7) is 2.09.